The van der Waals surface area contributed by atoms with Crippen molar-refractivity contribution in [2.75, 3.05) is 0 Å². The minimum Gasteiger partial charge on any atom is -0.461 e. The van der Waals surface area contributed by atoms with Crippen LogP contribution in [0.25, 0.3) is 11.5 Å². The van der Waals surface area contributed by atoms with Crippen molar-refractivity contribution in [3.63, 3.8) is 0 Å². The summed E-state index contributed by atoms with van der Waals surface area (Å²) in [5, 5.41) is 6.80. The summed E-state index contributed by atoms with van der Waals surface area (Å²) in [7, 11) is 0. The number of hydrogen-bond donors (Lipinski definition) is 1. The monoisotopic (exact) mass is 416 g/mol. The summed E-state index contributed by atoms with van der Waals surface area (Å²) in [5.41, 5.74) is 1.79. The fourth-order valence-corrected chi connectivity index (χ4v) is 3.06. The number of furan rings is 1. The fraction of sp³-hybridized carbons (Fsp3) is 0.125. The molecule has 0 aliphatic heterocycles. The molecule has 0 aliphatic rings. The zero-order chi connectivity index (χ0) is 21.5. The van der Waals surface area contributed by atoms with E-state index in [1.807, 2.05) is 36.4 Å². The van der Waals surface area contributed by atoms with Gasteiger partial charge in [0.1, 0.15) is 12.3 Å². The molecule has 7 heteroatoms. The van der Waals surface area contributed by atoms with Crippen LogP contribution < -0.4 is 5.32 Å². The summed E-state index contributed by atoms with van der Waals surface area (Å²) in [6, 6.07) is 22.8. The summed E-state index contributed by atoms with van der Waals surface area (Å²) in [5.74, 6) is 0.262. The molecule has 4 rings (SSSR count). The van der Waals surface area contributed by atoms with E-state index < -0.39 is 12.0 Å². The standard InChI is InChI=1S/C24H20N2O5/c27-23(30-16-19-14-22(31-26-19)21-12-7-13-29-21)15-20(17-8-3-1-4-9-17)25-24(28)18-10-5-2-6-11-18/h1-14,20H,15-16H2,(H,25,28)/t20-/m1/s1. The largest absolute Gasteiger partial charge is 0.461 e. The van der Waals surface area contributed by atoms with Gasteiger partial charge in [-0.3, -0.25) is 9.59 Å². The highest BCUT2D eigenvalue weighted by Gasteiger charge is 2.20. The molecule has 4 aromatic rings. The third-order valence-corrected chi connectivity index (χ3v) is 4.62. The molecule has 0 aliphatic carbocycles. The Bertz CT molecular complexity index is 1120. The number of rotatable bonds is 8. The van der Waals surface area contributed by atoms with Crippen LogP contribution in [0.15, 0.2) is 94.1 Å². The smallest absolute Gasteiger partial charge is 0.308 e. The fourth-order valence-electron chi connectivity index (χ4n) is 3.06. The minimum absolute atomic E-state index is 0.0223. The van der Waals surface area contributed by atoms with Crippen molar-refractivity contribution in [2.45, 2.75) is 19.1 Å². The van der Waals surface area contributed by atoms with E-state index in [1.165, 1.54) is 6.26 Å². The Labute approximate surface area is 178 Å². The lowest BCUT2D eigenvalue weighted by Gasteiger charge is -2.18. The maximum atomic E-state index is 12.6. The van der Waals surface area contributed by atoms with Crippen LogP contribution in [0.2, 0.25) is 0 Å². The molecule has 1 atom stereocenters. The zero-order valence-electron chi connectivity index (χ0n) is 16.6. The van der Waals surface area contributed by atoms with Crippen LogP contribution in [0.1, 0.15) is 34.1 Å². The lowest BCUT2D eigenvalue weighted by atomic mass is 10.0. The Balaban J connectivity index is 1.39. The summed E-state index contributed by atoms with van der Waals surface area (Å²) >= 11 is 0. The molecule has 0 spiro atoms. The van der Waals surface area contributed by atoms with Crippen molar-refractivity contribution in [1.82, 2.24) is 10.5 Å². The SMILES string of the molecule is O=C(C[C@@H](NC(=O)c1ccccc1)c1ccccc1)OCc1cc(-c2ccco2)on1. The Morgan fingerprint density at radius 3 is 2.39 bits per heavy atom. The van der Waals surface area contributed by atoms with Gasteiger partial charge in [0.2, 0.25) is 5.76 Å². The van der Waals surface area contributed by atoms with Gasteiger partial charge in [0.25, 0.3) is 5.91 Å². The van der Waals surface area contributed by atoms with Gasteiger partial charge in [0, 0.05) is 11.6 Å². The molecular weight excluding hydrogens is 396 g/mol. The normalized spacial score (nSPS) is 11.6. The van der Waals surface area contributed by atoms with Gasteiger partial charge < -0.3 is 19.0 Å². The lowest BCUT2D eigenvalue weighted by Crippen LogP contribution is -2.30. The number of ether oxygens (including phenoxy) is 1. The van der Waals surface area contributed by atoms with E-state index in [1.54, 1.807) is 42.5 Å². The zero-order valence-corrected chi connectivity index (χ0v) is 16.6. The molecule has 0 saturated carbocycles. The highest BCUT2D eigenvalue weighted by atomic mass is 16.5. The van der Waals surface area contributed by atoms with Crippen LogP contribution in [0.4, 0.5) is 0 Å². The van der Waals surface area contributed by atoms with Crippen LogP contribution in [0.5, 0.6) is 0 Å². The number of benzene rings is 2. The Morgan fingerprint density at radius 2 is 1.68 bits per heavy atom. The van der Waals surface area contributed by atoms with Crippen molar-refractivity contribution in [3.8, 4) is 11.5 Å². The van der Waals surface area contributed by atoms with Gasteiger partial charge >= 0.3 is 5.97 Å². The molecule has 0 bridgehead atoms. The number of nitrogens with zero attached hydrogens (tertiary/aromatic N) is 1. The van der Waals surface area contributed by atoms with E-state index in [4.69, 9.17) is 13.7 Å². The summed E-state index contributed by atoms with van der Waals surface area (Å²) in [4.78, 5) is 25.1. The van der Waals surface area contributed by atoms with Crippen molar-refractivity contribution >= 4 is 11.9 Å². The molecule has 0 radical (unpaired) electrons. The van der Waals surface area contributed by atoms with Gasteiger partial charge in [0.15, 0.2) is 5.76 Å². The second-order valence-corrected chi connectivity index (χ2v) is 6.83. The average Bonchev–Trinajstić information content (AvgIpc) is 3.50. The molecular formula is C24H20N2O5. The number of aromatic nitrogens is 1. The second kappa shape index (κ2) is 9.58. The van der Waals surface area contributed by atoms with Crippen LogP contribution in [-0.4, -0.2) is 17.0 Å². The van der Waals surface area contributed by atoms with Gasteiger partial charge in [0.05, 0.1) is 18.7 Å². The summed E-state index contributed by atoms with van der Waals surface area (Å²) in [6.07, 6.45) is 1.51. The molecule has 2 heterocycles. The Kier molecular flexibility index (Phi) is 6.23. The highest BCUT2D eigenvalue weighted by Crippen LogP contribution is 2.22. The van der Waals surface area contributed by atoms with Crippen LogP contribution in [0.3, 0.4) is 0 Å². The minimum atomic E-state index is -0.530. The molecule has 31 heavy (non-hydrogen) atoms. The van der Waals surface area contributed by atoms with E-state index >= 15 is 0 Å². The molecule has 156 valence electrons. The van der Waals surface area contributed by atoms with Crippen molar-refractivity contribution in [2.24, 2.45) is 0 Å². The Hall–Kier alpha value is -4.13. The van der Waals surface area contributed by atoms with Gasteiger partial charge in [-0.2, -0.15) is 0 Å². The molecule has 0 saturated heterocycles. The van der Waals surface area contributed by atoms with Gasteiger partial charge in [-0.15, -0.1) is 0 Å². The van der Waals surface area contributed by atoms with E-state index in [-0.39, 0.29) is 18.9 Å². The molecule has 1 amide bonds. The Morgan fingerprint density at radius 1 is 0.935 bits per heavy atom. The van der Waals surface area contributed by atoms with Crippen LogP contribution >= 0.6 is 0 Å². The topological polar surface area (TPSA) is 94.6 Å². The second-order valence-electron chi connectivity index (χ2n) is 6.83. The van der Waals surface area contributed by atoms with Crippen molar-refractivity contribution in [3.05, 3.63) is 102 Å². The predicted molar refractivity (Wildman–Crippen MR) is 112 cm³/mol. The first-order valence-electron chi connectivity index (χ1n) is 9.75. The maximum absolute atomic E-state index is 12.6. The number of esters is 1. The van der Waals surface area contributed by atoms with Crippen molar-refractivity contribution < 1.29 is 23.3 Å². The van der Waals surface area contributed by atoms with Crippen LogP contribution in [-0.2, 0) is 16.1 Å². The first-order chi connectivity index (χ1) is 15.2. The molecule has 7 nitrogen and oxygen atoms in total. The lowest BCUT2D eigenvalue weighted by molar-refractivity contribution is -0.145. The molecule has 0 unspecified atom stereocenters. The number of nitrogens with one attached hydrogen (secondary N) is 1. The van der Waals surface area contributed by atoms with E-state index in [0.717, 1.165) is 5.56 Å². The number of hydrogen-bond acceptors (Lipinski definition) is 6. The number of amides is 1. The molecule has 2 aromatic carbocycles. The number of carbonyl (C=O) groups is 2. The average molecular weight is 416 g/mol. The van der Waals surface area contributed by atoms with E-state index in [9.17, 15) is 9.59 Å². The first kappa shape index (κ1) is 20.2. The molecule has 2 aromatic heterocycles. The van der Waals surface area contributed by atoms with E-state index in [2.05, 4.69) is 10.5 Å². The van der Waals surface area contributed by atoms with Gasteiger partial charge in [-0.25, -0.2) is 0 Å². The molecule has 0 fully saturated rings. The first-order valence-corrected chi connectivity index (χ1v) is 9.75. The summed E-state index contributed by atoms with van der Waals surface area (Å²) in [6.45, 7) is -0.0445. The third kappa shape index (κ3) is 5.27. The van der Waals surface area contributed by atoms with Crippen molar-refractivity contribution in [1.29, 1.82) is 0 Å². The van der Waals surface area contributed by atoms with Gasteiger partial charge in [-0.05, 0) is 29.8 Å². The van der Waals surface area contributed by atoms with Crippen LogP contribution in [0, 0.1) is 0 Å². The maximum Gasteiger partial charge on any atom is 0.308 e. The predicted octanol–water partition coefficient (Wildman–Crippen LogP) is 4.54. The van der Waals surface area contributed by atoms with E-state index in [0.29, 0.717) is 22.8 Å². The summed E-state index contributed by atoms with van der Waals surface area (Å²) < 4.78 is 15.8. The molecule has 1 N–H and O–H groups in total. The quantitative estimate of drug-likeness (QED) is 0.424. The van der Waals surface area contributed by atoms with Gasteiger partial charge in [-0.1, -0.05) is 53.7 Å². The number of carbonyl (C=O) groups excluding carboxylic acids is 2. The highest BCUT2D eigenvalue weighted by molar-refractivity contribution is 5.94. The third-order valence-electron chi connectivity index (χ3n) is 4.62.